The fourth-order valence-corrected chi connectivity index (χ4v) is 4.28. The number of hydrogen-bond acceptors (Lipinski definition) is 5. The van der Waals surface area contributed by atoms with Gasteiger partial charge in [0.15, 0.2) is 8.32 Å². The van der Waals surface area contributed by atoms with Crippen LogP contribution in [0.3, 0.4) is 0 Å². The van der Waals surface area contributed by atoms with E-state index in [4.69, 9.17) is 14.0 Å². The third kappa shape index (κ3) is 8.32. The quantitative estimate of drug-likeness (QED) is 0.353. The van der Waals surface area contributed by atoms with Crippen molar-refractivity contribution in [2.24, 2.45) is 5.92 Å². The summed E-state index contributed by atoms with van der Waals surface area (Å²) in [4.78, 5) is 32.1. The number of nitrogens with zero attached hydrogens (tertiary/aromatic N) is 2. The van der Waals surface area contributed by atoms with Gasteiger partial charge in [-0.15, -0.1) is 0 Å². The van der Waals surface area contributed by atoms with Crippen LogP contribution in [0.1, 0.15) is 47.1 Å². The molecule has 188 valence electrons. The summed E-state index contributed by atoms with van der Waals surface area (Å²) in [6.07, 6.45) is -1.65. The van der Waals surface area contributed by atoms with Crippen molar-refractivity contribution in [3.8, 4) is 5.75 Å². The van der Waals surface area contributed by atoms with E-state index in [0.717, 1.165) is 11.3 Å². The van der Waals surface area contributed by atoms with Gasteiger partial charge in [-0.3, -0.25) is 9.63 Å². The second-order valence-corrected chi connectivity index (χ2v) is 15.0. The molecule has 0 spiro atoms. The molecule has 1 rings (SSSR count). The highest BCUT2D eigenvalue weighted by Gasteiger charge is 2.42. The zero-order valence-corrected chi connectivity index (χ0v) is 22.8. The monoisotopic (exact) mass is 482 g/mol. The maximum Gasteiger partial charge on any atom is 0.407 e. The second kappa shape index (κ2) is 11.9. The van der Waals surface area contributed by atoms with Crippen molar-refractivity contribution in [1.82, 2.24) is 9.96 Å². The molecular weight excluding hydrogens is 440 g/mol. The van der Waals surface area contributed by atoms with E-state index in [-0.39, 0.29) is 30.1 Å². The Bertz CT molecular complexity index is 776. The zero-order chi connectivity index (χ0) is 25.6. The van der Waals surface area contributed by atoms with Crippen LogP contribution in [0, 0.1) is 5.92 Å². The van der Waals surface area contributed by atoms with Crippen LogP contribution in [0.25, 0.3) is 0 Å². The van der Waals surface area contributed by atoms with Gasteiger partial charge in [-0.2, -0.15) is 0 Å². The smallest absolute Gasteiger partial charge is 0.407 e. The van der Waals surface area contributed by atoms with Crippen LogP contribution in [0.2, 0.25) is 18.1 Å². The summed E-state index contributed by atoms with van der Waals surface area (Å²) < 4.78 is 11.7. The minimum atomic E-state index is -2.26. The minimum Gasteiger partial charge on any atom is -0.497 e. The van der Waals surface area contributed by atoms with Gasteiger partial charge >= 0.3 is 6.09 Å². The van der Waals surface area contributed by atoms with Gasteiger partial charge in [0.05, 0.1) is 25.2 Å². The highest BCUT2D eigenvalue weighted by Crippen LogP contribution is 2.38. The van der Waals surface area contributed by atoms with Crippen molar-refractivity contribution in [3.05, 3.63) is 29.8 Å². The third-order valence-corrected chi connectivity index (χ3v) is 10.7. The average molecular weight is 483 g/mol. The first-order chi connectivity index (χ1) is 15.1. The number of benzene rings is 1. The molecule has 0 fully saturated rings. The Hall–Kier alpha value is -2.10. The lowest BCUT2D eigenvalue weighted by Crippen LogP contribution is -2.52. The van der Waals surface area contributed by atoms with E-state index in [1.165, 1.54) is 17.0 Å². The fourth-order valence-electron chi connectivity index (χ4n) is 2.89. The van der Waals surface area contributed by atoms with Gasteiger partial charge in [0.2, 0.25) is 0 Å². The van der Waals surface area contributed by atoms with Crippen LogP contribution in [-0.2, 0) is 20.7 Å². The number of likely N-dealkylation sites (N-methyl/N-ethyl adjacent to an activating group) is 1. The van der Waals surface area contributed by atoms with E-state index in [0.29, 0.717) is 0 Å². The van der Waals surface area contributed by atoms with Gasteiger partial charge in [0.25, 0.3) is 5.91 Å². The predicted octanol–water partition coefficient (Wildman–Crippen LogP) is 5.00. The van der Waals surface area contributed by atoms with Gasteiger partial charge in [0.1, 0.15) is 12.4 Å². The van der Waals surface area contributed by atoms with Crippen molar-refractivity contribution < 1.29 is 28.7 Å². The molecule has 33 heavy (non-hydrogen) atoms. The number of methoxy groups -OCH3 is 1. The first-order valence-corrected chi connectivity index (χ1v) is 14.2. The molecule has 2 amide bonds. The van der Waals surface area contributed by atoms with Gasteiger partial charge in [0, 0.05) is 13.6 Å². The van der Waals surface area contributed by atoms with Crippen LogP contribution in [0.4, 0.5) is 4.79 Å². The summed E-state index contributed by atoms with van der Waals surface area (Å²) in [5.41, 5.74) is 0.904. The Morgan fingerprint density at radius 1 is 1.09 bits per heavy atom. The number of ether oxygens (including phenoxy) is 1. The maximum absolute atomic E-state index is 13.5. The first-order valence-electron chi connectivity index (χ1n) is 11.3. The van der Waals surface area contributed by atoms with Crippen molar-refractivity contribution in [2.45, 2.75) is 78.4 Å². The molecular formula is C24H42N2O6Si. The SMILES string of the molecule is COc1ccc(CON(C(=O)C(C)C(CN(C)C(=O)O)O[Si](C)(C)C(C)(C)C)C(C)C)cc1. The highest BCUT2D eigenvalue weighted by atomic mass is 28.4. The third-order valence-electron chi connectivity index (χ3n) is 6.20. The molecule has 0 aliphatic rings. The van der Waals surface area contributed by atoms with Crippen LogP contribution in [-0.4, -0.2) is 68.2 Å². The first kappa shape index (κ1) is 28.9. The van der Waals surface area contributed by atoms with Crippen molar-refractivity contribution in [1.29, 1.82) is 0 Å². The van der Waals surface area contributed by atoms with E-state index in [9.17, 15) is 14.7 Å². The van der Waals surface area contributed by atoms with Crippen molar-refractivity contribution in [2.75, 3.05) is 20.7 Å². The minimum absolute atomic E-state index is 0.0849. The van der Waals surface area contributed by atoms with Crippen LogP contribution < -0.4 is 4.74 Å². The maximum atomic E-state index is 13.5. The van der Waals surface area contributed by atoms with Crippen LogP contribution >= 0.6 is 0 Å². The molecule has 0 radical (unpaired) electrons. The molecule has 0 bridgehead atoms. The molecule has 2 atom stereocenters. The van der Waals surface area contributed by atoms with Gasteiger partial charge < -0.3 is 19.2 Å². The summed E-state index contributed by atoms with van der Waals surface area (Å²) >= 11 is 0. The van der Waals surface area contributed by atoms with Gasteiger partial charge in [-0.05, 0) is 49.7 Å². The number of rotatable bonds is 11. The van der Waals surface area contributed by atoms with Crippen LogP contribution in [0.15, 0.2) is 24.3 Å². The summed E-state index contributed by atoms with van der Waals surface area (Å²) in [7, 11) is 0.832. The zero-order valence-electron chi connectivity index (χ0n) is 21.8. The van der Waals surface area contributed by atoms with E-state index >= 15 is 0 Å². The molecule has 0 saturated carbocycles. The molecule has 0 heterocycles. The molecule has 1 aromatic rings. The average Bonchev–Trinajstić information content (AvgIpc) is 2.71. The Morgan fingerprint density at radius 3 is 2.06 bits per heavy atom. The Kier molecular flexibility index (Phi) is 10.4. The summed E-state index contributed by atoms with van der Waals surface area (Å²) in [6, 6.07) is 7.25. The van der Waals surface area contributed by atoms with Crippen LogP contribution in [0.5, 0.6) is 5.75 Å². The number of hydrogen-bond donors (Lipinski definition) is 1. The lowest BCUT2D eigenvalue weighted by molar-refractivity contribution is -0.208. The fraction of sp³-hybridized carbons (Fsp3) is 0.667. The highest BCUT2D eigenvalue weighted by molar-refractivity contribution is 6.74. The Labute approximate surface area is 199 Å². The van der Waals surface area contributed by atoms with Crippen molar-refractivity contribution in [3.63, 3.8) is 0 Å². The number of amides is 2. The summed E-state index contributed by atoms with van der Waals surface area (Å²) in [5, 5.41) is 10.7. The molecule has 1 N–H and O–H groups in total. The molecule has 2 unspecified atom stereocenters. The number of hydroxylamine groups is 2. The van der Waals surface area contributed by atoms with Crippen molar-refractivity contribution >= 4 is 20.3 Å². The number of carbonyl (C=O) groups is 2. The van der Waals surface area contributed by atoms with E-state index in [1.54, 1.807) is 14.0 Å². The lowest BCUT2D eigenvalue weighted by Gasteiger charge is -2.42. The topological polar surface area (TPSA) is 88.5 Å². The summed E-state index contributed by atoms with van der Waals surface area (Å²) in [6.45, 7) is 16.4. The van der Waals surface area contributed by atoms with E-state index in [2.05, 4.69) is 33.9 Å². The second-order valence-electron chi connectivity index (χ2n) is 10.2. The number of carbonyl (C=O) groups excluding carboxylic acids is 1. The largest absolute Gasteiger partial charge is 0.497 e. The molecule has 1 aromatic carbocycles. The van der Waals surface area contributed by atoms with Gasteiger partial charge in [-0.1, -0.05) is 39.8 Å². The molecule has 0 aromatic heterocycles. The standard InChI is InChI=1S/C24H42N2O6Si/c1-17(2)26(31-16-19-11-13-20(30-8)14-12-19)22(27)18(3)21(15-25(7)23(28)29)32-33(9,10)24(4,5)6/h11-14,17-18,21H,15-16H2,1-10H3,(H,28,29). The Morgan fingerprint density at radius 2 is 1.64 bits per heavy atom. The molecule has 0 aliphatic carbocycles. The molecule has 0 saturated heterocycles. The number of carboxylic acid groups (broad SMARTS) is 1. The predicted molar refractivity (Wildman–Crippen MR) is 132 cm³/mol. The van der Waals surface area contributed by atoms with E-state index in [1.807, 2.05) is 38.1 Å². The summed E-state index contributed by atoms with van der Waals surface area (Å²) in [5.74, 6) is -0.0856. The lowest BCUT2D eigenvalue weighted by atomic mass is 10.0. The van der Waals surface area contributed by atoms with Gasteiger partial charge in [-0.25, -0.2) is 9.86 Å². The molecule has 0 aliphatic heterocycles. The van der Waals surface area contributed by atoms with E-state index < -0.39 is 26.4 Å². The molecule has 8 nitrogen and oxygen atoms in total. The molecule has 9 heteroatoms. The normalized spacial score (nSPS) is 14.0. The Balaban J connectivity index is 3.07.